The Morgan fingerprint density at radius 3 is 2.83 bits per heavy atom. The number of ether oxygens (including phenoxy) is 1. The molecule has 1 aliphatic heterocycles. The van der Waals surface area contributed by atoms with Gasteiger partial charge in [0.15, 0.2) is 0 Å². The highest BCUT2D eigenvalue weighted by molar-refractivity contribution is 5.86. The van der Waals surface area contributed by atoms with Gasteiger partial charge in [-0.05, 0) is 54.8 Å². The first-order chi connectivity index (χ1) is 11.1. The maximum absolute atomic E-state index is 6.09. The predicted octanol–water partition coefficient (Wildman–Crippen LogP) is 3.78. The Hall–Kier alpha value is -2.39. The van der Waals surface area contributed by atoms with Crippen molar-refractivity contribution in [1.29, 1.82) is 0 Å². The smallest absolute Gasteiger partial charge is 0.130 e. The Morgan fingerprint density at radius 2 is 2.00 bits per heavy atom. The Kier molecular flexibility index (Phi) is 3.31. The van der Waals surface area contributed by atoms with Crippen LogP contribution in [0, 0.1) is 13.8 Å². The molecule has 0 aliphatic carbocycles. The molecule has 0 saturated heterocycles. The van der Waals surface area contributed by atoms with E-state index in [4.69, 9.17) is 10.5 Å². The number of nitrogens with two attached hydrogens (primary N) is 1. The molecular formula is C20H20N2O. The van der Waals surface area contributed by atoms with Crippen LogP contribution in [0.5, 0.6) is 5.75 Å². The third kappa shape index (κ3) is 2.47. The van der Waals surface area contributed by atoms with Gasteiger partial charge in [-0.1, -0.05) is 18.2 Å². The summed E-state index contributed by atoms with van der Waals surface area (Å²) in [5.41, 5.74) is 12.7. The SMILES string of the molecule is Cc1cc2c(c(-c3ccc4nc(C)ccc4c3)c1)O[C@H](CN)C2. The minimum absolute atomic E-state index is 0.0929. The molecule has 0 saturated carbocycles. The fourth-order valence-electron chi connectivity index (χ4n) is 3.33. The van der Waals surface area contributed by atoms with Crippen molar-refractivity contribution in [3.05, 3.63) is 59.3 Å². The molecule has 2 aromatic carbocycles. The molecule has 0 fully saturated rings. The summed E-state index contributed by atoms with van der Waals surface area (Å²) in [6, 6.07) is 15.0. The molecule has 4 rings (SSSR count). The van der Waals surface area contributed by atoms with Crippen LogP contribution in [0.3, 0.4) is 0 Å². The fourth-order valence-corrected chi connectivity index (χ4v) is 3.33. The van der Waals surface area contributed by atoms with E-state index in [0.717, 1.165) is 34.3 Å². The van der Waals surface area contributed by atoms with E-state index in [-0.39, 0.29) is 6.10 Å². The van der Waals surface area contributed by atoms with Gasteiger partial charge in [0, 0.05) is 29.6 Å². The Labute approximate surface area is 136 Å². The molecule has 0 unspecified atom stereocenters. The summed E-state index contributed by atoms with van der Waals surface area (Å²) in [7, 11) is 0. The van der Waals surface area contributed by atoms with Crippen LogP contribution in [0.25, 0.3) is 22.0 Å². The van der Waals surface area contributed by atoms with Crippen LogP contribution in [-0.2, 0) is 6.42 Å². The zero-order valence-electron chi connectivity index (χ0n) is 13.5. The van der Waals surface area contributed by atoms with Crippen LogP contribution in [0.4, 0.5) is 0 Å². The van der Waals surface area contributed by atoms with Gasteiger partial charge in [0.05, 0.1) is 5.52 Å². The molecule has 23 heavy (non-hydrogen) atoms. The van der Waals surface area contributed by atoms with Crippen molar-refractivity contribution in [3.63, 3.8) is 0 Å². The van der Waals surface area contributed by atoms with Crippen LogP contribution < -0.4 is 10.5 Å². The molecule has 3 nitrogen and oxygen atoms in total. The van der Waals surface area contributed by atoms with E-state index < -0.39 is 0 Å². The van der Waals surface area contributed by atoms with Crippen molar-refractivity contribution < 1.29 is 4.74 Å². The van der Waals surface area contributed by atoms with Crippen molar-refractivity contribution in [2.45, 2.75) is 26.4 Å². The highest BCUT2D eigenvalue weighted by atomic mass is 16.5. The number of benzene rings is 2. The lowest BCUT2D eigenvalue weighted by molar-refractivity contribution is 0.242. The van der Waals surface area contributed by atoms with Crippen molar-refractivity contribution in [2.24, 2.45) is 5.73 Å². The summed E-state index contributed by atoms with van der Waals surface area (Å²) in [6.07, 6.45) is 0.991. The molecule has 3 heteroatoms. The van der Waals surface area contributed by atoms with Gasteiger partial charge in [-0.3, -0.25) is 4.98 Å². The normalized spacial score (nSPS) is 16.4. The molecule has 1 aromatic heterocycles. The number of hydrogen-bond donors (Lipinski definition) is 1. The number of aryl methyl sites for hydroxylation is 2. The van der Waals surface area contributed by atoms with E-state index in [2.05, 4.69) is 48.3 Å². The summed E-state index contributed by atoms with van der Waals surface area (Å²) in [5, 5.41) is 1.15. The molecule has 3 aromatic rings. The summed E-state index contributed by atoms with van der Waals surface area (Å²) >= 11 is 0. The van der Waals surface area contributed by atoms with Crippen LogP contribution >= 0.6 is 0 Å². The van der Waals surface area contributed by atoms with E-state index in [0.29, 0.717) is 6.54 Å². The summed E-state index contributed by atoms with van der Waals surface area (Å²) in [6.45, 7) is 4.70. The van der Waals surface area contributed by atoms with Gasteiger partial charge in [-0.15, -0.1) is 0 Å². The Balaban J connectivity index is 1.87. The van der Waals surface area contributed by atoms with Crippen molar-refractivity contribution in [3.8, 4) is 16.9 Å². The molecule has 0 spiro atoms. The average Bonchev–Trinajstić information content (AvgIpc) is 2.96. The number of nitrogens with zero attached hydrogens (tertiary/aromatic N) is 1. The highest BCUT2D eigenvalue weighted by Crippen LogP contribution is 2.40. The molecular weight excluding hydrogens is 284 g/mol. The van der Waals surface area contributed by atoms with E-state index in [1.54, 1.807) is 0 Å². The number of pyridine rings is 1. The molecule has 0 amide bonds. The van der Waals surface area contributed by atoms with Crippen molar-refractivity contribution >= 4 is 10.9 Å². The minimum atomic E-state index is 0.0929. The zero-order chi connectivity index (χ0) is 16.0. The average molecular weight is 304 g/mol. The monoisotopic (exact) mass is 304 g/mol. The third-order valence-electron chi connectivity index (χ3n) is 4.44. The molecule has 1 atom stereocenters. The first-order valence-electron chi connectivity index (χ1n) is 8.02. The van der Waals surface area contributed by atoms with Gasteiger partial charge in [-0.2, -0.15) is 0 Å². The summed E-state index contributed by atoms with van der Waals surface area (Å²) in [5.74, 6) is 0.991. The molecule has 2 N–H and O–H groups in total. The van der Waals surface area contributed by atoms with Crippen molar-refractivity contribution in [1.82, 2.24) is 4.98 Å². The van der Waals surface area contributed by atoms with Gasteiger partial charge in [0.2, 0.25) is 0 Å². The van der Waals surface area contributed by atoms with E-state index in [1.807, 2.05) is 13.0 Å². The highest BCUT2D eigenvalue weighted by Gasteiger charge is 2.25. The van der Waals surface area contributed by atoms with Gasteiger partial charge >= 0.3 is 0 Å². The molecule has 2 heterocycles. The number of aromatic nitrogens is 1. The van der Waals surface area contributed by atoms with Crippen LogP contribution in [-0.4, -0.2) is 17.6 Å². The first kappa shape index (κ1) is 14.2. The second-order valence-electron chi connectivity index (χ2n) is 6.34. The zero-order valence-corrected chi connectivity index (χ0v) is 13.5. The Morgan fingerprint density at radius 1 is 1.13 bits per heavy atom. The number of fused-ring (bicyclic) bond motifs is 2. The van der Waals surface area contributed by atoms with E-state index in [1.165, 1.54) is 16.7 Å². The maximum atomic E-state index is 6.09. The van der Waals surface area contributed by atoms with Gasteiger partial charge < -0.3 is 10.5 Å². The van der Waals surface area contributed by atoms with Crippen LogP contribution in [0.2, 0.25) is 0 Å². The molecule has 0 bridgehead atoms. The van der Waals surface area contributed by atoms with Gasteiger partial charge in [-0.25, -0.2) is 0 Å². The topological polar surface area (TPSA) is 48.1 Å². The second-order valence-corrected chi connectivity index (χ2v) is 6.34. The lowest BCUT2D eigenvalue weighted by Gasteiger charge is -2.12. The predicted molar refractivity (Wildman–Crippen MR) is 93.8 cm³/mol. The molecule has 0 radical (unpaired) electrons. The third-order valence-corrected chi connectivity index (χ3v) is 4.44. The maximum Gasteiger partial charge on any atom is 0.130 e. The standard InChI is InChI=1S/C20H20N2O/c1-12-7-16-10-17(11-21)23-20(16)18(8-12)14-5-6-19-15(9-14)4-3-13(2)22-19/h3-9,17H,10-11,21H2,1-2H3/t17-/m0/s1. The second kappa shape index (κ2) is 5.36. The number of rotatable bonds is 2. The fraction of sp³-hybridized carbons (Fsp3) is 0.250. The first-order valence-corrected chi connectivity index (χ1v) is 8.02. The summed E-state index contributed by atoms with van der Waals surface area (Å²) in [4.78, 5) is 4.58. The van der Waals surface area contributed by atoms with Crippen LogP contribution in [0.1, 0.15) is 16.8 Å². The quantitative estimate of drug-likeness (QED) is 0.784. The summed E-state index contributed by atoms with van der Waals surface area (Å²) < 4.78 is 6.09. The Bertz CT molecular complexity index is 902. The largest absolute Gasteiger partial charge is 0.488 e. The van der Waals surface area contributed by atoms with Gasteiger partial charge in [0.1, 0.15) is 11.9 Å². The van der Waals surface area contributed by atoms with E-state index >= 15 is 0 Å². The molecule has 116 valence electrons. The minimum Gasteiger partial charge on any atom is -0.488 e. The lowest BCUT2D eigenvalue weighted by atomic mass is 9.97. The lowest BCUT2D eigenvalue weighted by Crippen LogP contribution is -2.24. The van der Waals surface area contributed by atoms with Crippen molar-refractivity contribution in [2.75, 3.05) is 6.54 Å². The molecule has 1 aliphatic rings. The van der Waals surface area contributed by atoms with E-state index in [9.17, 15) is 0 Å². The van der Waals surface area contributed by atoms with Crippen LogP contribution in [0.15, 0.2) is 42.5 Å². The van der Waals surface area contributed by atoms with Gasteiger partial charge in [0.25, 0.3) is 0 Å². The number of hydrogen-bond acceptors (Lipinski definition) is 3.